The molecule has 0 fully saturated rings. The summed E-state index contributed by atoms with van der Waals surface area (Å²) < 4.78 is 5.03. The Morgan fingerprint density at radius 2 is 2.43 bits per heavy atom. The average molecular weight is 202 g/mol. The van der Waals surface area contributed by atoms with Gasteiger partial charge >= 0.3 is 6.03 Å². The van der Waals surface area contributed by atoms with Gasteiger partial charge in [-0.2, -0.15) is 0 Å². The Balaban J connectivity index is 3.64. The van der Waals surface area contributed by atoms with Crippen LogP contribution < -0.4 is 5.32 Å². The lowest BCUT2D eigenvalue weighted by atomic mass is 10.3. The minimum Gasteiger partial charge on any atom is -0.389 e. The van der Waals surface area contributed by atoms with Crippen molar-refractivity contribution in [3.63, 3.8) is 0 Å². The quantitative estimate of drug-likeness (QED) is 0.464. The van der Waals surface area contributed by atoms with Crippen molar-refractivity contribution >= 4 is 6.03 Å². The highest BCUT2D eigenvalue weighted by molar-refractivity contribution is 5.73. The summed E-state index contributed by atoms with van der Waals surface area (Å²) in [7, 11) is 3.15. The zero-order valence-electron chi connectivity index (χ0n) is 8.69. The smallest absolute Gasteiger partial charge is 0.316 e. The molecule has 1 atom stereocenters. The van der Waals surface area contributed by atoms with Crippen molar-refractivity contribution in [1.82, 2.24) is 10.2 Å². The van der Waals surface area contributed by atoms with Crippen LogP contribution >= 0.6 is 0 Å². The van der Waals surface area contributed by atoms with Crippen molar-refractivity contribution in [1.29, 1.82) is 0 Å². The van der Waals surface area contributed by atoms with Gasteiger partial charge in [0.2, 0.25) is 0 Å². The van der Waals surface area contributed by atoms with E-state index < -0.39 is 6.10 Å². The maximum absolute atomic E-state index is 11.0. The molecule has 5 heteroatoms. The summed E-state index contributed by atoms with van der Waals surface area (Å²) in [4.78, 5) is 12.4. The highest BCUT2D eigenvalue weighted by Crippen LogP contribution is 1.91. The van der Waals surface area contributed by atoms with Gasteiger partial charge in [0.05, 0.1) is 25.9 Å². The summed E-state index contributed by atoms with van der Waals surface area (Å²) in [6, 6.07) is -0.229. The second-order valence-corrected chi connectivity index (χ2v) is 2.92. The molecule has 0 saturated carbocycles. The number of carbonyl (C=O) groups is 1. The molecule has 0 aromatic carbocycles. The monoisotopic (exact) mass is 202 g/mol. The van der Waals surface area contributed by atoms with Crippen LogP contribution in [0, 0.1) is 0 Å². The molecule has 0 aliphatic heterocycles. The van der Waals surface area contributed by atoms with E-state index in [0.29, 0.717) is 6.61 Å². The second-order valence-electron chi connectivity index (χ2n) is 2.92. The molecule has 0 aromatic heterocycles. The van der Waals surface area contributed by atoms with E-state index in [0.717, 1.165) is 0 Å². The topological polar surface area (TPSA) is 61.8 Å². The zero-order valence-corrected chi connectivity index (χ0v) is 8.69. The number of amides is 2. The molecule has 0 aliphatic carbocycles. The van der Waals surface area contributed by atoms with Gasteiger partial charge in [-0.15, -0.1) is 6.58 Å². The number of rotatable bonds is 6. The maximum Gasteiger partial charge on any atom is 0.316 e. The number of carbonyl (C=O) groups excluding carboxylic acids is 1. The molecule has 2 amide bonds. The van der Waals surface area contributed by atoms with E-state index in [4.69, 9.17) is 4.74 Å². The standard InChI is InChI=1S/C9H18N2O3/c1-4-5-14-7-8(12)6-11(3)9(13)10-2/h4,8,12H,1,5-7H2,2-3H3,(H,10,13)/t8-/m0/s1. The molecule has 0 aromatic rings. The fourth-order valence-electron chi connectivity index (χ4n) is 0.930. The van der Waals surface area contributed by atoms with Crippen LogP contribution in [0.2, 0.25) is 0 Å². The van der Waals surface area contributed by atoms with Crippen LogP contribution in [-0.2, 0) is 4.74 Å². The van der Waals surface area contributed by atoms with E-state index >= 15 is 0 Å². The van der Waals surface area contributed by atoms with Gasteiger partial charge in [-0.25, -0.2) is 4.79 Å². The van der Waals surface area contributed by atoms with Crippen LogP contribution in [0.5, 0.6) is 0 Å². The van der Waals surface area contributed by atoms with Gasteiger partial charge in [0.25, 0.3) is 0 Å². The SMILES string of the molecule is C=CCOC[C@@H](O)CN(C)C(=O)NC. The Labute approximate surface area is 84.3 Å². The van der Waals surface area contributed by atoms with Crippen molar-refractivity contribution in [2.45, 2.75) is 6.10 Å². The lowest BCUT2D eigenvalue weighted by Gasteiger charge is -2.19. The Morgan fingerprint density at radius 3 is 2.93 bits per heavy atom. The van der Waals surface area contributed by atoms with Crippen LogP contribution in [0.25, 0.3) is 0 Å². The fraction of sp³-hybridized carbons (Fsp3) is 0.667. The summed E-state index contributed by atoms with van der Waals surface area (Å²) >= 11 is 0. The van der Waals surface area contributed by atoms with E-state index in [-0.39, 0.29) is 19.2 Å². The Bertz CT molecular complexity index is 185. The van der Waals surface area contributed by atoms with Crippen LogP contribution in [0.3, 0.4) is 0 Å². The third-order valence-corrected chi connectivity index (χ3v) is 1.59. The fourth-order valence-corrected chi connectivity index (χ4v) is 0.930. The minimum atomic E-state index is -0.669. The largest absolute Gasteiger partial charge is 0.389 e. The summed E-state index contributed by atoms with van der Waals surface area (Å²) in [5.74, 6) is 0. The molecule has 0 spiro atoms. The molecule has 2 N–H and O–H groups in total. The van der Waals surface area contributed by atoms with E-state index in [1.54, 1.807) is 20.2 Å². The predicted molar refractivity (Wildman–Crippen MR) is 54.1 cm³/mol. The minimum absolute atomic E-state index is 0.202. The van der Waals surface area contributed by atoms with Crippen molar-refractivity contribution < 1.29 is 14.6 Å². The first-order valence-electron chi connectivity index (χ1n) is 4.41. The lowest BCUT2D eigenvalue weighted by molar-refractivity contribution is 0.0363. The van der Waals surface area contributed by atoms with Crippen LogP contribution in [0.4, 0.5) is 4.79 Å². The normalized spacial score (nSPS) is 11.9. The zero-order chi connectivity index (χ0) is 11.0. The van der Waals surface area contributed by atoms with E-state index in [2.05, 4.69) is 11.9 Å². The highest BCUT2D eigenvalue weighted by atomic mass is 16.5. The number of hydrogen-bond donors (Lipinski definition) is 2. The summed E-state index contributed by atoms with van der Waals surface area (Å²) in [6.07, 6.45) is 0.937. The van der Waals surface area contributed by atoms with Gasteiger partial charge in [0, 0.05) is 14.1 Å². The maximum atomic E-state index is 11.0. The number of nitrogens with one attached hydrogen (secondary N) is 1. The first-order valence-corrected chi connectivity index (χ1v) is 4.41. The molecule has 0 radical (unpaired) electrons. The molecular weight excluding hydrogens is 184 g/mol. The number of hydrogen-bond acceptors (Lipinski definition) is 3. The number of likely N-dealkylation sites (N-methyl/N-ethyl adjacent to an activating group) is 1. The third kappa shape index (κ3) is 5.55. The Hall–Kier alpha value is -1.07. The molecule has 5 nitrogen and oxygen atoms in total. The molecule has 0 heterocycles. The first kappa shape index (κ1) is 12.9. The van der Waals surface area contributed by atoms with E-state index in [9.17, 15) is 9.90 Å². The Kier molecular flexibility index (Phi) is 6.78. The van der Waals surface area contributed by atoms with Crippen molar-refractivity contribution in [3.05, 3.63) is 12.7 Å². The molecule has 82 valence electrons. The summed E-state index contributed by atoms with van der Waals surface area (Å²) in [5.41, 5.74) is 0. The van der Waals surface area contributed by atoms with Gasteiger partial charge in [0.1, 0.15) is 0 Å². The number of ether oxygens (including phenoxy) is 1. The molecule has 0 rings (SSSR count). The second kappa shape index (κ2) is 7.34. The highest BCUT2D eigenvalue weighted by Gasteiger charge is 2.11. The van der Waals surface area contributed by atoms with Crippen molar-refractivity contribution in [3.8, 4) is 0 Å². The van der Waals surface area contributed by atoms with Gasteiger partial charge < -0.3 is 20.1 Å². The molecule has 0 bridgehead atoms. The molecule has 0 saturated heterocycles. The van der Waals surface area contributed by atoms with Gasteiger partial charge in [-0.1, -0.05) is 6.08 Å². The molecular formula is C9H18N2O3. The van der Waals surface area contributed by atoms with E-state index in [1.807, 2.05) is 0 Å². The van der Waals surface area contributed by atoms with Crippen molar-refractivity contribution in [2.75, 3.05) is 33.9 Å². The number of aliphatic hydroxyl groups excluding tert-OH is 1. The van der Waals surface area contributed by atoms with E-state index in [1.165, 1.54) is 4.90 Å². The molecule has 0 aliphatic rings. The van der Waals surface area contributed by atoms with Gasteiger partial charge in [-0.3, -0.25) is 0 Å². The Morgan fingerprint density at radius 1 is 1.79 bits per heavy atom. The average Bonchev–Trinajstić information content (AvgIpc) is 2.16. The summed E-state index contributed by atoms with van der Waals surface area (Å²) in [6.45, 7) is 4.33. The number of aliphatic hydroxyl groups is 1. The van der Waals surface area contributed by atoms with Crippen LogP contribution in [0.15, 0.2) is 12.7 Å². The van der Waals surface area contributed by atoms with Gasteiger partial charge in [0.15, 0.2) is 0 Å². The third-order valence-electron chi connectivity index (χ3n) is 1.59. The summed E-state index contributed by atoms with van der Waals surface area (Å²) in [5, 5.41) is 11.9. The van der Waals surface area contributed by atoms with Crippen molar-refractivity contribution in [2.24, 2.45) is 0 Å². The molecule has 14 heavy (non-hydrogen) atoms. The molecule has 0 unspecified atom stereocenters. The predicted octanol–water partition coefficient (Wildman–Crippen LogP) is -0.179. The lowest BCUT2D eigenvalue weighted by Crippen LogP contribution is -2.41. The first-order chi connectivity index (χ1) is 6.61. The van der Waals surface area contributed by atoms with Crippen LogP contribution in [-0.4, -0.2) is 56.0 Å². The van der Waals surface area contributed by atoms with Gasteiger partial charge in [-0.05, 0) is 0 Å². The number of urea groups is 1. The number of nitrogens with zero attached hydrogens (tertiary/aromatic N) is 1. The van der Waals surface area contributed by atoms with Crippen LogP contribution in [0.1, 0.15) is 0 Å².